The van der Waals surface area contributed by atoms with Crippen molar-refractivity contribution in [2.75, 3.05) is 26.2 Å². The van der Waals surface area contributed by atoms with E-state index in [2.05, 4.69) is 82.5 Å². The lowest BCUT2D eigenvalue weighted by Crippen LogP contribution is -2.45. The number of benzene rings is 2. The molecule has 2 heterocycles. The van der Waals surface area contributed by atoms with E-state index in [-0.39, 0.29) is 0 Å². The maximum absolute atomic E-state index is 5.57. The molecule has 0 spiro atoms. The van der Waals surface area contributed by atoms with Gasteiger partial charge in [0.2, 0.25) is 0 Å². The van der Waals surface area contributed by atoms with Gasteiger partial charge < -0.3 is 4.52 Å². The first kappa shape index (κ1) is 17.0. The van der Waals surface area contributed by atoms with Crippen LogP contribution >= 0.6 is 0 Å². The van der Waals surface area contributed by atoms with E-state index in [4.69, 9.17) is 4.52 Å². The SMILES string of the molecule is Cc1ccc(-c2cc(CN3CCN(Cc4ccccc4)CC3)on2)cc1. The number of rotatable bonds is 5. The Morgan fingerprint density at radius 1 is 0.846 bits per heavy atom. The molecular weight excluding hydrogens is 322 g/mol. The molecule has 3 aromatic rings. The molecule has 0 aliphatic carbocycles. The molecule has 1 fully saturated rings. The summed E-state index contributed by atoms with van der Waals surface area (Å²) >= 11 is 0. The van der Waals surface area contributed by atoms with Crippen molar-refractivity contribution in [3.05, 3.63) is 77.6 Å². The maximum atomic E-state index is 5.57. The van der Waals surface area contributed by atoms with Crippen LogP contribution in [0.1, 0.15) is 16.9 Å². The first-order valence-corrected chi connectivity index (χ1v) is 9.27. The predicted molar refractivity (Wildman–Crippen MR) is 104 cm³/mol. The van der Waals surface area contributed by atoms with Gasteiger partial charge in [-0.15, -0.1) is 0 Å². The second-order valence-corrected chi connectivity index (χ2v) is 7.08. The van der Waals surface area contributed by atoms with Crippen molar-refractivity contribution in [3.8, 4) is 11.3 Å². The van der Waals surface area contributed by atoms with Gasteiger partial charge in [0, 0.05) is 44.4 Å². The summed E-state index contributed by atoms with van der Waals surface area (Å²) in [7, 11) is 0. The van der Waals surface area contributed by atoms with E-state index >= 15 is 0 Å². The largest absolute Gasteiger partial charge is 0.359 e. The van der Waals surface area contributed by atoms with Gasteiger partial charge in [0.25, 0.3) is 0 Å². The summed E-state index contributed by atoms with van der Waals surface area (Å²) in [5.41, 5.74) is 4.67. The van der Waals surface area contributed by atoms with E-state index in [1.54, 1.807) is 0 Å². The van der Waals surface area contributed by atoms with Crippen LogP contribution in [0.4, 0.5) is 0 Å². The number of piperazine rings is 1. The molecule has 1 saturated heterocycles. The van der Waals surface area contributed by atoms with Crippen LogP contribution in [0.25, 0.3) is 11.3 Å². The molecule has 0 unspecified atom stereocenters. The highest BCUT2D eigenvalue weighted by Crippen LogP contribution is 2.21. The van der Waals surface area contributed by atoms with Gasteiger partial charge in [-0.05, 0) is 12.5 Å². The first-order chi connectivity index (χ1) is 12.8. The summed E-state index contributed by atoms with van der Waals surface area (Å²) in [5, 5.41) is 4.24. The molecular formula is C22H25N3O. The number of hydrogen-bond donors (Lipinski definition) is 0. The van der Waals surface area contributed by atoms with E-state index in [0.29, 0.717) is 0 Å². The zero-order valence-electron chi connectivity index (χ0n) is 15.3. The van der Waals surface area contributed by atoms with Gasteiger partial charge in [-0.2, -0.15) is 0 Å². The Morgan fingerprint density at radius 2 is 1.50 bits per heavy atom. The Kier molecular flexibility index (Phi) is 5.14. The van der Waals surface area contributed by atoms with Gasteiger partial charge in [-0.1, -0.05) is 65.3 Å². The minimum absolute atomic E-state index is 0.831. The van der Waals surface area contributed by atoms with Gasteiger partial charge in [0.15, 0.2) is 5.76 Å². The van der Waals surface area contributed by atoms with Crippen LogP contribution in [0.3, 0.4) is 0 Å². The van der Waals surface area contributed by atoms with Crippen molar-refractivity contribution in [2.24, 2.45) is 0 Å². The van der Waals surface area contributed by atoms with Crippen molar-refractivity contribution in [3.63, 3.8) is 0 Å². The van der Waals surface area contributed by atoms with Crippen molar-refractivity contribution in [1.29, 1.82) is 0 Å². The van der Waals surface area contributed by atoms with Gasteiger partial charge in [-0.25, -0.2) is 0 Å². The van der Waals surface area contributed by atoms with Gasteiger partial charge >= 0.3 is 0 Å². The highest BCUT2D eigenvalue weighted by molar-refractivity contribution is 5.59. The smallest absolute Gasteiger partial charge is 0.151 e. The zero-order chi connectivity index (χ0) is 17.8. The third kappa shape index (κ3) is 4.21. The van der Waals surface area contributed by atoms with E-state index in [0.717, 1.165) is 56.3 Å². The average Bonchev–Trinajstić information content (AvgIpc) is 3.13. The molecule has 0 bridgehead atoms. The molecule has 0 atom stereocenters. The first-order valence-electron chi connectivity index (χ1n) is 9.27. The van der Waals surface area contributed by atoms with Crippen LogP contribution in [-0.2, 0) is 13.1 Å². The van der Waals surface area contributed by atoms with Gasteiger partial charge in [-0.3, -0.25) is 9.80 Å². The van der Waals surface area contributed by atoms with Crippen molar-refractivity contribution in [2.45, 2.75) is 20.0 Å². The fourth-order valence-electron chi connectivity index (χ4n) is 3.42. The summed E-state index contributed by atoms with van der Waals surface area (Å²) in [6, 6.07) is 21.2. The average molecular weight is 347 g/mol. The summed E-state index contributed by atoms with van der Waals surface area (Å²) in [4.78, 5) is 4.96. The Bertz CT molecular complexity index is 818. The second-order valence-electron chi connectivity index (χ2n) is 7.08. The molecule has 2 aromatic carbocycles. The van der Waals surface area contributed by atoms with E-state index in [1.165, 1.54) is 11.1 Å². The summed E-state index contributed by atoms with van der Waals surface area (Å²) < 4.78 is 5.57. The maximum Gasteiger partial charge on any atom is 0.151 e. The fraction of sp³-hybridized carbons (Fsp3) is 0.318. The van der Waals surface area contributed by atoms with E-state index in [9.17, 15) is 0 Å². The van der Waals surface area contributed by atoms with Crippen LogP contribution in [0, 0.1) is 6.92 Å². The lowest BCUT2D eigenvalue weighted by atomic mass is 10.1. The lowest BCUT2D eigenvalue weighted by Gasteiger charge is -2.34. The second kappa shape index (κ2) is 7.85. The molecule has 4 nitrogen and oxygen atoms in total. The molecule has 134 valence electrons. The molecule has 0 radical (unpaired) electrons. The van der Waals surface area contributed by atoms with Crippen molar-refractivity contribution in [1.82, 2.24) is 15.0 Å². The summed E-state index contributed by atoms with van der Waals surface area (Å²) in [5.74, 6) is 0.942. The molecule has 4 heteroatoms. The molecule has 0 saturated carbocycles. The Labute approximate surface area is 155 Å². The molecule has 26 heavy (non-hydrogen) atoms. The summed E-state index contributed by atoms with van der Waals surface area (Å²) in [6.45, 7) is 8.27. The lowest BCUT2D eigenvalue weighted by molar-refractivity contribution is 0.114. The molecule has 1 aliphatic rings. The fourth-order valence-corrected chi connectivity index (χ4v) is 3.42. The molecule has 1 aliphatic heterocycles. The molecule has 4 rings (SSSR count). The minimum atomic E-state index is 0.831. The van der Waals surface area contributed by atoms with Crippen molar-refractivity contribution >= 4 is 0 Å². The van der Waals surface area contributed by atoms with Gasteiger partial charge in [0.1, 0.15) is 5.69 Å². The normalized spacial score (nSPS) is 16.0. The van der Waals surface area contributed by atoms with Crippen LogP contribution in [0.2, 0.25) is 0 Å². The van der Waals surface area contributed by atoms with Crippen LogP contribution < -0.4 is 0 Å². The quantitative estimate of drug-likeness (QED) is 0.699. The standard InChI is InChI=1S/C22H25N3O/c1-18-7-9-20(10-8-18)22-15-21(26-23-22)17-25-13-11-24(12-14-25)16-19-5-3-2-4-6-19/h2-10,15H,11-14,16-17H2,1H3. The number of aromatic nitrogens is 1. The Hall–Kier alpha value is -2.43. The third-order valence-corrected chi connectivity index (χ3v) is 5.00. The number of nitrogens with zero attached hydrogens (tertiary/aromatic N) is 3. The number of hydrogen-bond acceptors (Lipinski definition) is 4. The van der Waals surface area contributed by atoms with Crippen molar-refractivity contribution < 1.29 is 4.52 Å². The number of aryl methyl sites for hydroxylation is 1. The van der Waals surface area contributed by atoms with Crippen LogP contribution in [0.5, 0.6) is 0 Å². The van der Waals surface area contributed by atoms with Gasteiger partial charge in [0.05, 0.1) is 6.54 Å². The highest BCUT2D eigenvalue weighted by Gasteiger charge is 2.18. The molecule has 0 amide bonds. The molecule has 0 N–H and O–H groups in total. The Balaban J connectivity index is 1.30. The minimum Gasteiger partial charge on any atom is -0.359 e. The van der Waals surface area contributed by atoms with E-state index < -0.39 is 0 Å². The third-order valence-electron chi connectivity index (χ3n) is 5.00. The van der Waals surface area contributed by atoms with Crippen LogP contribution in [0.15, 0.2) is 65.2 Å². The van der Waals surface area contributed by atoms with E-state index in [1.807, 2.05) is 0 Å². The monoisotopic (exact) mass is 347 g/mol. The highest BCUT2D eigenvalue weighted by atomic mass is 16.5. The molecule has 1 aromatic heterocycles. The predicted octanol–water partition coefficient (Wildman–Crippen LogP) is 3.97. The topological polar surface area (TPSA) is 32.5 Å². The van der Waals surface area contributed by atoms with Crippen LogP contribution in [-0.4, -0.2) is 41.1 Å². The summed E-state index contributed by atoms with van der Waals surface area (Å²) in [6.07, 6.45) is 0. The Morgan fingerprint density at radius 3 is 2.19 bits per heavy atom. The zero-order valence-corrected chi connectivity index (χ0v) is 15.3.